The van der Waals surface area contributed by atoms with E-state index in [1.165, 1.54) is 33.2 Å². The molecule has 1 aliphatic rings. The highest BCUT2D eigenvalue weighted by Crippen LogP contribution is 2.31. The van der Waals surface area contributed by atoms with Gasteiger partial charge in [0, 0.05) is 47.5 Å². The van der Waals surface area contributed by atoms with Crippen molar-refractivity contribution < 1.29 is 0 Å². The Labute approximate surface area is 148 Å². The molecule has 1 aliphatic heterocycles. The second-order valence-electron chi connectivity index (χ2n) is 6.72. The third-order valence-electron chi connectivity index (χ3n) is 4.99. The smallest absolute Gasteiger partial charge is 0.0443 e. The summed E-state index contributed by atoms with van der Waals surface area (Å²) in [5.74, 6) is 0. The highest BCUT2D eigenvalue weighted by atomic mass is 15.0. The third kappa shape index (κ3) is 3.49. The molecule has 4 nitrogen and oxygen atoms in total. The average molecular weight is 332 g/mol. The molecule has 0 saturated carbocycles. The van der Waals surface area contributed by atoms with Gasteiger partial charge in [0.05, 0.1) is 0 Å². The second-order valence-corrected chi connectivity index (χ2v) is 6.72. The summed E-state index contributed by atoms with van der Waals surface area (Å²) >= 11 is 0. The van der Waals surface area contributed by atoms with Crippen molar-refractivity contribution in [3.8, 4) is 11.1 Å². The molecule has 3 aromatic rings. The molecule has 4 heteroatoms. The van der Waals surface area contributed by atoms with E-state index in [9.17, 15) is 0 Å². The Hall–Kier alpha value is -2.46. The number of nitrogens with zero attached hydrogens (tertiary/aromatic N) is 2. The average Bonchev–Trinajstić information content (AvgIpc) is 2.69. The van der Waals surface area contributed by atoms with E-state index in [1.54, 1.807) is 0 Å². The Morgan fingerprint density at radius 2 is 1.92 bits per heavy atom. The van der Waals surface area contributed by atoms with Gasteiger partial charge in [-0.25, -0.2) is 0 Å². The van der Waals surface area contributed by atoms with Gasteiger partial charge in [0.2, 0.25) is 0 Å². The minimum Gasteiger partial charge on any atom is -0.382 e. The topological polar surface area (TPSA) is 49.8 Å². The van der Waals surface area contributed by atoms with Crippen LogP contribution in [0, 0.1) is 0 Å². The van der Waals surface area contributed by atoms with Crippen molar-refractivity contribution in [3.05, 3.63) is 54.6 Å². The molecule has 1 fully saturated rings. The van der Waals surface area contributed by atoms with E-state index in [0.717, 1.165) is 32.4 Å². The van der Waals surface area contributed by atoms with Gasteiger partial charge in [-0.1, -0.05) is 6.92 Å². The number of nitrogens with one attached hydrogen (secondary N) is 2. The van der Waals surface area contributed by atoms with Crippen LogP contribution < -0.4 is 10.6 Å². The summed E-state index contributed by atoms with van der Waals surface area (Å²) < 4.78 is 0. The highest BCUT2D eigenvalue weighted by Gasteiger charge is 2.15. The molecular weight excluding hydrogens is 308 g/mol. The van der Waals surface area contributed by atoms with Crippen LogP contribution in [0.25, 0.3) is 21.9 Å². The van der Waals surface area contributed by atoms with E-state index in [4.69, 9.17) is 0 Å². The maximum atomic E-state index is 4.42. The summed E-state index contributed by atoms with van der Waals surface area (Å²) in [6.07, 6.45) is 11.0. The Morgan fingerprint density at radius 3 is 2.76 bits per heavy atom. The minimum absolute atomic E-state index is 0.514. The van der Waals surface area contributed by atoms with Crippen molar-refractivity contribution in [2.24, 2.45) is 0 Å². The maximum absolute atomic E-state index is 4.42. The Bertz CT molecular complexity index is 869. The van der Waals surface area contributed by atoms with Crippen LogP contribution in [0.1, 0.15) is 25.3 Å². The van der Waals surface area contributed by atoms with E-state index in [0.29, 0.717) is 6.04 Å². The molecule has 0 atom stereocenters. The van der Waals surface area contributed by atoms with Crippen LogP contribution in [0.3, 0.4) is 0 Å². The lowest BCUT2D eigenvalue weighted by atomic mass is 9.99. The molecule has 1 saturated heterocycles. The molecule has 1 aromatic carbocycles. The van der Waals surface area contributed by atoms with Crippen LogP contribution in [-0.2, 0) is 6.42 Å². The first-order valence-electron chi connectivity index (χ1n) is 9.13. The van der Waals surface area contributed by atoms with Crippen molar-refractivity contribution >= 4 is 16.5 Å². The van der Waals surface area contributed by atoms with E-state index >= 15 is 0 Å². The summed E-state index contributed by atoms with van der Waals surface area (Å²) in [4.78, 5) is 8.75. The molecule has 0 aliphatic carbocycles. The number of anilines is 1. The van der Waals surface area contributed by atoms with Crippen molar-refractivity contribution in [2.45, 2.75) is 32.2 Å². The molecule has 25 heavy (non-hydrogen) atoms. The zero-order valence-corrected chi connectivity index (χ0v) is 14.6. The zero-order valence-electron chi connectivity index (χ0n) is 14.6. The second kappa shape index (κ2) is 7.19. The van der Waals surface area contributed by atoms with E-state index < -0.39 is 0 Å². The number of pyridine rings is 2. The van der Waals surface area contributed by atoms with E-state index in [-0.39, 0.29) is 0 Å². The molecule has 0 bridgehead atoms. The molecular formula is C21H24N4. The first kappa shape index (κ1) is 16.0. The number of rotatable bonds is 4. The van der Waals surface area contributed by atoms with Gasteiger partial charge in [-0.05, 0) is 73.1 Å². The van der Waals surface area contributed by atoms with Crippen molar-refractivity contribution in [1.29, 1.82) is 0 Å². The summed E-state index contributed by atoms with van der Waals surface area (Å²) in [6, 6.07) is 9.33. The van der Waals surface area contributed by atoms with Gasteiger partial charge in [0.25, 0.3) is 0 Å². The van der Waals surface area contributed by atoms with Gasteiger partial charge in [-0.3, -0.25) is 9.97 Å². The van der Waals surface area contributed by atoms with Crippen LogP contribution in [0.5, 0.6) is 0 Å². The van der Waals surface area contributed by atoms with Crippen molar-refractivity contribution in [3.63, 3.8) is 0 Å². The van der Waals surface area contributed by atoms with Crippen LogP contribution in [-0.4, -0.2) is 29.1 Å². The summed E-state index contributed by atoms with van der Waals surface area (Å²) in [7, 11) is 0. The predicted octanol–water partition coefficient (Wildman–Crippen LogP) is 4.02. The SMILES string of the molecule is CCc1cncc(-c2cc(NC3CCNCC3)c3cnccc3c2)c1. The largest absolute Gasteiger partial charge is 0.382 e. The molecule has 2 aromatic heterocycles. The lowest BCUT2D eigenvalue weighted by molar-refractivity contribution is 0.479. The van der Waals surface area contributed by atoms with Crippen LogP contribution in [0.4, 0.5) is 5.69 Å². The molecule has 128 valence electrons. The molecule has 4 rings (SSSR count). The third-order valence-corrected chi connectivity index (χ3v) is 4.99. The quantitative estimate of drug-likeness (QED) is 0.757. The fourth-order valence-electron chi connectivity index (χ4n) is 3.51. The Kier molecular flexibility index (Phi) is 4.61. The highest BCUT2D eigenvalue weighted by molar-refractivity contribution is 5.97. The molecule has 0 spiro atoms. The van der Waals surface area contributed by atoms with E-state index in [2.05, 4.69) is 51.8 Å². The van der Waals surface area contributed by atoms with Crippen LogP contribution >= 0.6 is 0 Å². The number of aryl methyl sites for hydroxylation is 1. The predicted molar refractivity (Wildman–Crippen MR) is 104 cm³/mol. The number of fused-ring (bicyclic) bond motifs is 1. The van der Waals surface area contributed by atoms with Gasteiger partial charge in [0.1, 0.15) is 0 Å². The van der Waals surface area contributed by atoms with Crippen molar-refractivity contribution in [2.75, 3.05) is 18.4 Å². The molecule has 0 amide bonds. The van der Waals surface area contributed by atoms with Gasteiger partial charge in [0.15, 0.2) is 0 Å². The first-order chi connectivity index (χ1) is 12.3. The van der Waals surface area contributed by atoms with Crippen LogP contribution in [0.15, 0.2) is 49.1 Å². The van der Waals surface area contributed by atoms with Gasteiger partial charge >= 0.3 is 0 Å². The zero-order chi connectivity index (χ0) is 17.1. The summed E-state index contributed by atoms with van der Waals surface area (Å²) in [6.45, 7) is 4.32. The standard InChI is InChI=1S/C21H24N4/c1-2-15-9-18(13-24-12-15)17-10-16-3-6-23-14-20(16)21(11-17)25-19-4-7-22-8-5-19/h3,6,9-14,19,22,25H,2,4-5,7-8H2,1H3. The minimum atomic E-state index is 0.514. The number of hydrogen-bond donors (Lipinski definition) is 2. The fourth-order valence-corrected chi connectivity index (χ4v) is 3.51. The first-order valence-corrected chi connectivity index (χ1v) is 9.13. The van der Waals surface area contributed by atoms with E-state index in [1.807, 2.05) is 24.8 Å². The van der Waals surface area contributed by atoms with Crippen molar-refractivity contribution in [1.82, 2.24) is 15.3 Å². The Balaban J connectivity index is 1.77. The molecule has 0 radical (unpaired) electrons. The number of benzene rings is 1. The maximum Gasteiger partial charge on any atom is 0.0443 e. The fraction of sp³-hybridized carbons (Fsp3) is 0.333. The number of piperidine rings is 1. The molecule has 0 unspecified atom stereocenters. The summed E-state index contributed by atoms with van der Waals surface area (Å²) in [5, 5.41) is 9.59. The number of hydrogen-bond acceptors (Lipinski definition) is 4. The van der Waals surface area contributed by atoms with Gasteiger partial charge in [-0.2, -0.15) is 0 Å². The van der Waals surface area contributed by atoms with Gasteiger partial charge < -0.3 is 10.6 Å². The van der Waals surface area contributed by atoms with Gasteiger partial charge in [-0.15, -0.1) is 0 Å². The Morgan fingerprint density at radius 1 is 1.04 bits per heavy atom. The lowest BCUT2D eigenvalue weighted by Gasteiger charge is -2.25. The lowest BCUT2D eigenvalue weighted by Crippen LogP contribution is -2.35. The monoisotopic (exact) mass is 332 g/mol. The van der Waals surface area contributed by atoms with Crippen LogP contribution in [0.2, 0.25) is 0 Å². The summed E-state index contributed by atoms with van der Waals surface area (Å²) in [5.41, 5.74) is 4.82. The molecule has 2 N–H and O–H groups in total. The molecule has 3 heterocycles. The normalized spacial score (nSPS) is 15.4. The number of aromatic nitrogens is 2.